The molecule has 0 radical (unpaired) electrons. The first-order valence-corrected chi connectivity index (χ1v) is 17.2. The highest BCUT2D eigenvalue weighted by atomic mass is 32.3. The van der Waals surface area contributed by atoms with Gasteiger partial charge in [0.2, 0.25) is 15.9 Å². The molecule has 13 nitrogen and oxygen atoms in total. The molecule has 0 bridgehead atoms. The van der Waals surface area contributed by atoms with Crippen molar-refractivity contribution in [3.8, 4) is 0 Å². The average Bonchev–Trinajstić information content (AvgIpc) is 2.92. The molecule has 0 spiro atoms. The number of esters is 1. The number of carbonyl (C=O) groups excluding carboxylic acids is 4. The summed E-state index contributed by atoms with van der Waals surface area (Å²) in [6.07, 6.45) is 1.44. The molecule has 1 aliphatic heterocycles. The van der Waals surface area contributed by atoms with Crippen molar-refractivity contribution in [2.45, 2.75) is 43.9 Å². The zero-order valence-electron chi connectivity index (χ0n) is 25.0. The fourth-order valence-corrected chi connectivity index (χ4v) is 7.20. The third-order valence-electron chi connectivity index (χ3n) is 7.48. The number of benzene rings is 2. The summed E-state index contributed by atoms with van der Waals surface area (Å²) in [4.78, 5) is 55.5. The number of fused-ring (bicyclic) bond motifs is 2. The number of Topliss-reactive ketones (excluding diaryl/α,β-unsaturated/α-hetero) is 2. The largest absolute Gasteiger partial charge is 0.464 e. The van der Waals surface area contributed by atoms with Gasteiger partial charge >= 0.3 is 5.97 Å². The molecule has 238 valence electrons. The summed E-state index contributed by atoms with van der Waals surface area (Å²) in [7, 11) is -6.21. The smallest absolute Gasteiger partial charge is 0.302 e. The maximum absolute atomic E-state index is 14.7. The Morgan fingerprint density at radius 3 is 2.50 bits per heavy atom. The van der Waals surface area contributed by atoms with Crippen LogP contribution < -0.4 is 10.0 Å². The van der Waals surface area contributed by atoms with Crippen LogP contribution in [0.25, 0.3) is 0 Å². The lowest BCUT2D eigenvalue weighted by Crippen LogP contribution is -2.59. The predicted molar refractivity (Wildman–Crippen MR) is 166 cm³/mol. The van der Waals surface area contributed by atoms with Gasteiger partial charge in [-0.1, -0.05) is 48.9 Å². The third-order valence-corrected chi connectivity index (χ3v) is 9.47. The number of nitrogens with one attached hydrogen (secondary N) is 2. The zero-order valence-corrected chi connectivity index (χ0v) is 26.6. The molecule has 1 amide bonds. The molecule has 2 unspecified atom stereocenters. The Hall–Kier alpha value is -3.79. The van der Waals surface area contributed by atoms with Crippen LogP contribution in [0, 0.1) is 11.8 Å². The highest BCUT2D eigenvalue weighted by Crippen LogP contribution is 2.57. The number of nitrogens with zero attached hydrogens (tertiary/aromatic N) is 2. The molecule has 2 atom stereocenters. The zero-order chi connectivity index (χ0) is 32.6. The highest BCUT2D eigenvalue weighted by molar-refractivity contribution is 8.23. The summed E-state index contributed by atoms with van der Waals surface area (Å²) in [5, 5.41) is 2.87. The van der Waals surface area contributed by atoms with Crippen LogP contribution in [0.1, 0.15) is 49.5 Å². The standard InChI is InChI=1S/C29H36N4O9S2/c1-17(2)12-13-29(28(37)33(4)14-15-42-18(3)34)21-9-7-6-8-20(21)25(35)24(26(29)36)27-30-22-11-10-19(31-43(5,38)39)16-23(22)44(40,41)32-27/h6-11,16-17,24,31,40-41H,12-15H2,1-5H3,(H,30,32). The molecule has 0 aromatic heterocycles. The molecular formula is C29H36N4O9S2. The normalized spacial score (nSPS) is 21.4. The van der Waals surface area contributed by atoms with E-state index in [1.165, 1.54) is 43.1 Å². The molecule has 2 aromatic rings. The molecule has 15 heteroatoms. The molecule has 1 aliphatic carbocycles. The van der Waals surface area contributed by atoms with Crippen molar-refractivity contribution in [2.75, 3.05) is 36.5 Å². The lowest BCUT2D eigenvalue weighted by Gasteiger charge is -2.43. The van der Waals surface area contributed by atoms with Crippen molar-refractivity contribution >= 4 is 61.5 Å². The Labute approximate surface area is 257 Å². The Kier molecular flexibility index (Phi) is 9.26. The highest BCUT2D eigenvalue weighted by Gasteiger charge is 2.58. The van der Waals surface area contributed by atoms with Gasteiger partial charge in [0.1, 0.15) is 28.7 Å². The summed E-state index contributed by atoms with van der Waals surface area (Å²) in [5.74, 6) is -4.50. The van der Waals surface area contributed by atoms with Gasteiger partial charge in [-0.25, -0.2) is 8.42 Å². The average molecular weight is 649 g/mol. The molecule has 0 saturated carbocycles. The van der Waals surface area contributed by atoms with Crippen LogP contribution >= 0.6 is 10.8 Å². The van der Waals surface area contributed by atoms with Gasteiger partial charge in [-0.3, -0.25) is 33.0 Å². The van der Waals surface area contributed by atoms with Gasteiger partial charge in [0, 0.05) is 19.5 Å². The van der Waals surface area contributed by atoms with Crippen molar-refractivity contribution < 1.29 is 41.4 Å². The van der Waals surface area contributed by atoms with Crippen LogP contribution in [0.2, 0.25) is 0 Å². The molecule has 44 heavy (non-hydrogen) atoms. The minimum atomic E-state index is -4.02. The van der Waals surface area contributed by atoms with E-state index in [0.29, 0.717) is 6.42 Å². The van der Waals surface area contributed by atoms with Gasteiger partial charge in [0.25, 0.3) is 0 Å². The van der Waals surface area contributed by atoms with E-state index in [-0.39, 0.29) is 58.7 Å². The van der Waals surface area contributed by atoms with E-state index in [9.17, 15) is 36.7 Å². The summed E-state index contributed by atoms with van der Waals surface area (Å²) >= 11 is 0. The number of anilines is 2. The fourth-order valence-electron chi connectivity index (χ4n) is 5.42. The fraction of sp³-hybridized carbons (Fsp3) is 0.414. The van der Waals surface area contributed by atoms with E-state index in [1.807, 2.05) is 13.8 Å². The Balaban J connectivity index is 1.84. The van der Waals surface area contributed by atoms with Crippen molar-refractivity contribution in [3.63, 3.8) is 0 Å². The van der Waals surface area contributed by atoms with Crippen LogP contribution in [0.15, 0.2) is 51.8 Å². The number of amidine groups is 1. The van der Waals surface area contributed by atoms with E-state index in [0.717, 1.165) is 6.26 Å². The van der Waals surface area contributed by atoms with E-state index in [2.05, 4.69) is 14.4 Å². The minimum absolute atomic E-state index is 0.00708. The molecule has 2 aromatic carbocycles. The number of carbonyl (C=O) groups is 4. The van der Waals surface area contributed by atoms with Crippen LogP contribution in [-0.2, 0) is 34.6 Å². The van der Waals surface area contributed by atoms with Gasteiger partial charge in [0.05, 0.1) is 24.2 Å². The van der Waals surface area contributed by atoms with Gasteiger partial charge < -0.3 is 15.0 Å². The van der Waals surface area contributed by atoms with E-state index in [4.69, 9.17) is 4.74 Å². The topological polar surface area (TPSA) is 192 Å². The van der Waals surface area contributed by atoms with Gasteiger partial charge in [-0.2, -0.15) is 0 Å². The molecule has 2 aliphatic rings. The molecule has 1 heterocycles. The predicted octanol–water partition coefficient (Wildman–Crippen LogP) is 3.68. The number of amides is 1. The molecule has 4 N–H and O–H groups in total. The first-order valence-electron chi connectivity index (χ1n) is 13.8. The maximum Gasteiger partial charge on any atom is 0.302 e. The lowest BCUT2D eigenvalue weighted by atomic mass is 9.61. The number of sulfonamides is 1. The van der Waals surface area contributed by atoms with Crippen LogP contribution in [0.3, 0.4) is 0 Å². The number of rotatable bonds is 10. The second-order valence-electron chi connectivity index (χ2n) is 11.3. The van der Waals surface area contributed by atoms with E-state index >= 15 is 0 Å². The second-order valence-corrected chi connectivity index (χ2v) is 14.7. The number of hydrogen-bond donors (Lipinski definition) is 4. The van der Waals surface area contributed by atoms with Crippen LogP contribution in [0.5, 0.6) is 0 Å². The van der Waals surface area contributed by atoms with Crippen molar-refractivity contribution in [2.24, 2.45) is 16.2 Å². The second kappa shape index (κ2) is 12.3. The summed E-state index contributed by atoms with van der Waals surface area (Å²) in [5.41, 5.74) is -1.30. The maximum atomic E-state index is 14.7. The SMILES string of the molecule is CC(=O)OCCN(C)C(=O)C1(CCC(C)C)C(=O)C(C2=NS(O)(O)c3cc(NS(C)(=O)=O)ccc3N2)C(=O)c2ccccc21. The van der Waals surface area contributed by atoms with Crippen LogP contribution in [0.4, 0.5) is 11.4 Å². The first kappa shape index (κ1) is 33.1. The number of likely N-dealkylation sites (N-methyl/N-ethyl adjacent to an activating group) is 1. The van der Waals surface area contributed by atoms with Gasteiger partial charge in [0.15, 0.2) is 11.6 Å². The van der Waals surface area contributed by atoms with Crippen molar-refractivity contribution in [1.82, 2.24) is 4.90 Å². The summed E-state index contributed by atoms with van der Waals surface area (Å²) in [6.45, 7) is 5.02. The Morgan fingerprint density at radius 1 is 1.18 bits per heavy atom. The lowest BCUT2D eigenvalue weighted by molar-refractivity contribution is -0.148. The van der Waals surface area contributed by atoms with Crippen LogP contribution in [-0.4, -0.2) is 78.2 Å². The monoisotopic (exact) mass is 648 g/mol. The molecule has 0 saturated heterocycles. The summed E-state index contributed by atoms with van der Waals surface area (Å²) < 4.78 is 56.8. The van der Waals surface area contributed by atoms with Gasteiger partial charge in [-0.15, -0.1) is 4.40 Å². The number of ketones is 2. The minimum Gasteiger partial charge on any atom is -0.464 e. The van der Waals surface area contributed by atoms with E-state index in [1.54, 1.807) is 18.2 Å². The third kappa shape index (κ3) is 6.50. The Morgan fingerprint density at radius 2 is 1.86 bits per heavy atom. The molecule has 0 fully saturated rings. The number of ether oxygens (including phenoxy) is 1. The summed E-state index contributed by atoms with van der Waals surface area (Å²) in [6, 6.07) is 10.3. The quantitative estimate of drug-likeness (QED) is 0.218. The van der Waals surface area contributed by atoms with E-state index < -0.39 is 55.6 Å². The Bertz CT molecular complexity index is 1660. The molecule has 4 rings (SSSR count). The molecular weight excluding hydrogens is 612 g/mol. The number of hydrogen-bond acceptors (Lipinski definition) is 11. The van der Waals surface area contributed by atoms with Crippen molar-refractivity contribution in [3.05, 3.63) is 53.6 Å². The van der Waals surface area contributed by atoms with Gasteiger partial charge in [-0.05, 0) is 42.5 Å². The van der Waals surface area contributed by atoms with Crippen molar-refractivity contribution in [1.29, 1.82) is 0 Å². The first-order chi connectivity index (χ1) is 20.5.